The number of ether oxygens (including phenoxy) is 1. The lowest BCUT2D eigenvalue weighted by atomic mass is 9.95. The van der Waals surface area contributed by atoms with Crippen molar-refractivity contribution in [1.82, 2.24) is 5.32 Å². The van der Waals surface area contributed by atoms with Gasteiger partial charge in [0.05, 0.1) is 7.11 Å². The first-order valence-corrected chi connectivity index (χ1v) is 6.09. The zero-order valence-corrected chi connectivity index (χ0v) is 10.7. The topological polar surface area (TPSA) is 38.3 Å². The molecule has 1 aliphatic heterocycles. The lowest BCUT2D eigenvalue weighted by Crippen LogP contribution is -2.33. The molecule has 1 heterocycles. The Balaban J connectivity index is 2.19. The molecular weight excluding hydrogens is 238 g/mol. The zero-order chi connectivity index (χ0) is 12.4. The van der Waals surface area contributed by atoms with Crippen LogP contribution in [-0.2, 0) is 9.53 Å². The molecule has 0 bridgehead atoms. The van der Waals surface area contributed by atoms with Crippen LogP contribution in [0.3, 0.4) is 0 Å². The van der Waals surface area contributed by atoms with E-state index in [0.29, 0.717) is 5.92 Å². The molecule has 1 fully saturated rings. The van der Waals surface area contributed by atoms with Crippen LogP contribution in [0.25, 0.3) is 0 Å². The van der Waals surface area contributed by atoms with Crippen molar-refractivity contribution in [3.05, 3.63) is 34.9 Å². The van der Waals surface area contributed by atoms with E-state index in [1.54, 1.807) is 0 Å². The molecule has 0 saturated carbocycles. The maximum absolute atomic E-state index is 11.5. The van der Waals surface area contributed by atoms with Crippen LogP contribution >= 0.6 is 11.6 Å². The van der Waals surface area contributed by atoms with Gasteiger partial charge < -0.3 is 4.74 Å². The van der Waals surface area contributed by atoms with Gasteiger partial charge in [0.15, 0.2) is 0 Å². The fraction of sp³-hybridized carbons (Fsp3) is 0.462. The summed E-state index contributed by atoms with van der Waals surface area (Å²) >= 11 is 6.17. The molecule has 1 aromatic carbocycles. The number of methoxy groups -OCH3 is 1. The first-order valence-electron chi connectivity index (χ1n) is 5.71. The predicted molar refractivity (Wildman–Crippen MR) is 66.9 cm³/mol. The summed E-state index contributed by atoms with van der Waals surface area (Å²) in [6.45, 7) is 2.12. The average Bonchev–Trinajstić information content (AvgIpc) is 2.71. The van der Waals surface area contributed by atoms with Crippen LogP contribution in [0, 0.1) is 5.92 Å². The lowest BCUT2D eigenvalue weighted by molar-refractivity contribution is -0.142. The van der Waals surface area contributed by atoms with E-state index in [4.69, 9.17) is 16.3 Å². The van der Waals surface area contributed by atoms with E-state index in [1.165, 1.54) is 7.11 Å². The van der Waals surface area contributed by atoms with Crippen molar-refractivity contribution in [1.29, 1.82) is 0 Å². The summed E-state index contributed by atoms with van der Waals surface area (Å²) in [4.78, 5) is 11.5. The van der Waals surface area contributed by atoms with Crippen LogP contribution in [-0.4, -0.2) is 19.1 Å². The molecule has 2 rings (SSSR count). The number of rotatable bonds is 2. The maximum Gasteiger partial charge on any atom is 0.322 e. The Morgan fingerprint density at radius 3 is 2.82 bits per heavy atom. The molecule has 4 heteroatoms. The summed E-state index contributed by atoms with van der Waals surface area (Å²) in [6.07, 6.45) is 0.780. The number of hydrogen-bond donors (Lipinski definition) is 1. The molecule has 0 amide bonds. The number of esters is 1. The second kappa shape index (κ2) is 5.07. The molecule has 1 saturated heterocycles. The Labute approximate surface area is 106 Å². The van der Waals surface area contributed by atoms with Gasteiger partial charge >= 0.3 is 5.97 Å². The third-order valence-corrected chi connectivity index (χ3v) is 3.63. The molecule has 3 atom stereocenters. The van der Waals surface area contributed by atoms with Crippen molar-refractivity contribution in [3.8, 4) is 0 Å². The Morgan fingerprint density at radius 1 is 1.47 bits per heavy atom. The highest BCUT2D eigenvalue weighted by molar-refractivity contribution is 6.31. The van der Waals surface area contributed by atoms with Crippen molar-refractivity contribution >= 4 is 17.6 Å². The highest BCUT2D eigenvalue weighted by Gasteiger charge is 2.36. The maximum atomic E-state index is 11.5. The molecule has 0 spiro atoms. The van der Waals surface area contributed by atoms with Gasteiger partial charge in [0.2, 0.25) is 0 Å². The van der Waals surface area contributed by atoms with E-state index in [1.807, 2.05) is 24.3 Å². The van der Waals surface area contributed by atoms with Gasteiger partial charge in [0, 0.05) is 11.1 Å². The number of hydrogen-bond acceptors (Lipinski definition) is 3. The first-order chi connectivity index (χ1) is 8.13. The smallest absolute Gasteiger partial charge is 0.322 e. The summed E-state index contributed by atoms with van der Waals surface area (Å²) in [5.74, 6) is 0.158. The van der Waals surface area contributed by atoms with Gasteiger partial charge in [-0.15, -0.1) is 0 Å². The van der Waals surface area contributed by atoms with E-state index in [0.717, 1.165) is 17.0 Å². The second-order valence-corrected chi connectivity index (χ2v) is 4.86. The molecule has 92 valence electrons. The van der Waals surface area contributed by atoms with Crippen molar-refractivity contribution < 1.29 is 9.53 Å². The number of benzene rings is 1. The number of nitrogens with one attached hydrogen (secondary N) is 1. The SMILES string of the molecule is COC(=O)C1CC(C)C(c2ccccc2Cl)N1. The lowest BCUT2D eigenvalue weighted by Gasteiger charge is -2.17. The van der Waals surface area contributed by atoms with Crippen LogP contribution in [0.2, 0.25) is 5.02 Å². The fourth-order valence-electron chi connectivity index (χ4n) is 2.39. The van der Waals surface area contributed by atoms with Gasteiger partial charge in [0.1, 0.15) is 6.04 Å². The molecule has 0 aromatic heterocycles. The van der Waals surface area contributed by atoms with E-state index >= 15 is 0 Å². The highest BCUT2D eigenvalue weighted by atomic mass is 35.5. The Kier molecular flexibility index (Phi) is 3.69. The van der Waals surface area contributed by atoms with E-state index in [9.17, 15) is 4.79 Å². The summed E-state index contributed by atoms with van der Waals surface area (Å²) in [5, 5.41) is 4.03. The minimum absolute atomic E-state index is 0.118. The molecule has 17 heavy (non-hydrogen) atoms. The molecule has 1 aliphatic rings. The van der Waals surface area contributed by atoms with E-state index in [2.05, 4.69) is 12.2 Å². The summed E-state index contributed by atoms with van der Waals surface area (Å²) in [5.41, 5.74) is 1.05. The minimum atomic E-state index is -0.226. The summed E-state index contributed by atoms with van der Waals surface area (Å²) in [6, 6.07) is 7.63. The van der Waals surface area contributed by atoms with Crippen molar-refractivity contribution in [3.63, 3.8) is 0 Å². The van der Waals surface area contributed by atoms with Crippen LogP contribution in [0.15, 0.2) is 24.3 Å². The highest BCUT2D eigenvalue weighted by Crippen LogP contribution is 2.35. The minimum Gasteiger partial charge on any atom is -0.468 e. The number of halogens is 1. The second-order valence-electron chi connectivity index (χ2n) is 4.45. The van der Waals surface area contributed by atoms with Gasteiger partial charge in [-0.3, -0.25) is 10.1 Å². The zero-order valence-electron chi connectivity index (χ0n) is 9.94. The van der Waals surface area contributed by atoms with Gasteiger partial charge in [0.25, 0.3) is 0 Å². The normalized spacial score (nSPS) is 28.1. The van der Waals surface area contributed by atoms with Crippen LogP contribution in [0.1, 0.15) is 24.9 Å². The summed E-state index contributed by atoms with van der Waals surface area (Å²) < 4.78 is 4.76. The fourth-order valence-corrected chi connectivity index (χ4v) is 2.64. The molecule has 1 N–H and O–H groups in total. The molecule has 0 radical (unpaired) electrons. The van der Waals surface area contributed by atoms with Crippen LogP contribution in [0.5, 0.6) is 0 Å². The Morgan fingerprint density at radius 2 is 2.18 bits per heavy atom. The third-order valence-electron chi connectivity index (χ3n) is 3.28. The third kappa shape index (κ3) is 2.45. The van der Waals surface area contributed by atoms with Gasteiger partial charge in [-0.05, 0) is 24.0 Å². The van der Waals surface area contributed by atoms with Crippen molar-refractivity contribution in [2.75, 3.05) is 7.11 Å². The molecule has 0 aliphatic carbocycles. The molecule has 3 nitrogen and oxygen atoms in total. The molecule has 1 aromatic rings. The quantitative estimate of drug-likeness (QED) is 0.824. The van der Waals surface area contributed by atoms with Gasteiger partial charge in [-0.25, -0.2) is 0 Å². The van der Waals surface area contributed by atoms with Crippen LogP contribution in [0.4, 0.5) is 0 Å². The molecule has 3 unspecified atom stereocenters. The Bertz CT molecular complexity index is 422. The average molecular weight is 254 g/mol. The first kappa shape index (κ1) is 12.4. The van der Waals surface area contributed by atoms with Crippen molar-refractivity contribution in [2.45, 2.75) is 25.4 Å². The van der Waals surface area contributed by atoms with Crippen LogP contribution < -0.4 is 5.32 Å². The number of carbonyl (C=O) groups excluding carboxylic acids is 1. The summed E-state index contributed by atoms with van der Waals surface area (Å²) in [7, 11) is 1.41. The predicted octanol–water partition coefficient (Wildman–Crippen LogP) is 2.55. The molecular formula is C13H16ClNO2. The number of carbonyl (C=O) groups is 1. The standard InChI is InChI=1S/C13H16ClNO2/c1-8-7-11(13(16)17-2)15-12(8)9-5-3-4-6-10(9)14/h3-6,8,11-12,15H,7H2,1-2H3. The van der Waals surface area contributed by atoms with E-state index in [-0.39, 0.29) is 18.1 Å². The van der Waals surface area contributed by atoms with Crippen molar-refractivity contribution in [2.24, 2.45) is 5.92 Å². The van der Waals surface area contributed by atoms with E-state index < -0.39 is 0 Å². The Hall–Kier alpha value is -1.06. The largest absolute Gasteiger partial charge is 0.468 e. The van der Waals surface area contributed by atoms with Gasteiger partial charge in [-0.2, -0.15) is 0 Å². The monoisotopic (exact) mass is 253 g/mol. The van der Waals surface area contributed by atoms with Gasteiger partial charge in [-0.1, -0.05) is 36.7 Å².